The molecule has 0 atom stereocenters. The minimum Gasteiger partial charge on any atom is -0.452 e. The average molecular weight is 348 g/mol. The number of aryl methyl sites for hydroxylation is 1. The highest BCUT2D eigenvalue weighted by molar-refractivity contribution is 5.89. The molecule has 0 aliphatic rings. The van der Waals surface area contributed by atoms with Gasteiger partial charge in [-0.1, -0.05) is 60.2 Å². The van der Waals surface area contributed by atoms with E-state index in [1.165, 1.54) is 12.7 Å². The number of rotatable bonds is 5. The maximum Gasteiger partial charge on any atom is 0.427 e. The molecule has 0 saturated heterocycles. The molecule has 6 nitrogen and oxygen atoms in total. The lowest BCUT2D eigenvalue weighted by Crippen LogP contribution is -2.16. The van der Waals surface area contributed by atoms with E-state index in [1.807, 2.05) is 60.3 Å². The fourth-order valence-electron chi connectivity index (χ4n) is 2.52. The lowest BCUT2D eigenvalue weighted by atomic mass is 10.1. The zero-order chi connectivity index (χ0) is 18.4. The molecule has 3 rings (SSSR count). The number of methoxy groups -OCH3 is 1. The molecular weight excluding hydrogens is 328 g/mol. The summed E-state index contributed by atoms with van der Waals surface area (Å²) in [7, 11) is 1.29. The van der Waals surface area contributed by atoms with E-state index >= 15 is 0 Å². The Kier molecular flexibility index (Phi) is 5.43. The number of benzene rings is 2. The van der Waals surface area contributed by atoms with Gasteiger partial charge in [0.25, 0.3) is 0 Å². The molecule has 0 radical (unpaired) electrons. The second-order valence-corrected chi connectivity index (χ2v) is 5.84. The van der Waals surface area contributed by atoms with Gasteiger partial charge in [-0.05, 0) is 12.5 Å². The van der Waals surface area contributed by atoms with Crippen molar-refractivity contribution in [3.8, 4) is 11.3 Å². The summed E-state index contributed by atoms with van der Waals surface area (Å²) in [5.74, 6) is 0. The van der Waals surface area contributed by atoms with Crippen LogP contribution in [0.5, 0.6) is 0 Å². The Hall–Kier alpha value is -3.41. The van der Waals surface area contributed by atoms with Gasteiger partial charge in [-0.15, -0.1) is 0 Å². The number of carbonyl (C=O) groups excluding carboxylic acids is 1. The summed E-state index contributed by atoms with van der Waals surface area (Å²) < 4.78 is 6.38. The normalized spacial score (nSPS) is 10.8. The van der Waals surface area contributed by atoms with E-state index in [2.05, 4.69) is 27.4 Å². The molecule has 0 bridgehead atoms. The van der Waals surface area contributed by atoms with E-state index in [4.69, 9.17) is 5.10 Å². The molecule has 0 aliphatic carbocycles. The maximum absolute atomic E-state index is 11.2. The molecular formula is C20H20N4O2. The fraction of sp³-hybridized carbons (Fsp3) is 0.150. The standard InChI is InChI=1S/C20H20N4O2/c1-15-8-10-17(11-9-15)19-18(12-21-22-20(25)26-2)14-24(23-19)13-16-6-4-3-5-7-16/h3-12,14H,13H2,1-2H3,(H,22,25)/b21-12-. The summed E-state index contributed by atoms with van der Waals surface area (Å²) >= 11 is 0. The number of aromatic nitrogens is 2. The van der Waals surface area contributed by atoms with Gasteiger partial charge < -0.3 is 4.74 Å². The Morgan fingerprint density at radius 2 is 1.92 bits per heavy atom. The highest BCUT2D eigenvalue weighted by Crippen LogP contribution is 2.22. The highest BCUT2D eigenvalue weighted by Gasteiger charge is 2.10. The number of hydrogen-bond acceptors (Lipinski definition) is 4. The lowest BCUT2D eigenvalue weighted by Gasteiger charge is -2.02. The summed E-state index contributed by atoms with van der Waals surface area (Å²) in [4.78, 5) is 11.2. The van der Waals surface area contributed by atoms with Crippen molar-refractivity contribution in [2.75, 3.05) is 7.11 Å². The fourth-order valence-corrected chi connectivity index (χ4v) is 2.52. The zero-order valence-corrected chi connectivity index (χ0v) is 14.7. The van der Waals surface area contributed by atoms with Crippen LogP contribution in [0.15, 0.2) is 65.9 Å². The molecule has 1 N–H and O–H groups in total. The zero-order valence-electron chi connectivity index (χ0n) is 14.7. The number of hydrazone groups is 1. The first-order valence-corrected chi connectivity index (χ1v) is 8.21. The van der Waals surface area contributed by atoms with Crippen LogP contribution in [0.4, 0.5) is 4.79 Å². The summed E-state index contributed by atoms with van der Waals surface area (Å²) in [6.45, 7) is 2.69. The number of ether oxygens (including phenoxy) is 1. The molecule has 6 heteroatoms. The van der Waals surface area contributed by atoms with Crippen molar-refractivity contribution < 1.29 is 9.53 Å². The number of nitrogens with zero attached hydrogens (tertiary/aromatic N) is 3. The third kappa shape index (κ3) is 4.36. The Morgan fingerprint density at radius 1 is 1.19 bits per heavy atom. The van der Waals surface area contributed by atoms with Crippen molar-refractivity contribution in [1.82, 2.24) is 15.2 Å². The van der Waals surface area contributed by atoms with E-state index in [-0.39, 0.29) is 0 Å². The Labute approximate surface area is 152 Å². The minimum absolute atomic E-state index is 0.616. The molecule has 0 aliphatic heterocycles. The quantitative estimate of drug-likeness (QED) is 0.566. The number of nitrogens with one attached hydrogen (secondary N) is 1. The third-order valence-electron chi connectivity index (χ3n) is 3.85. The smallest absolute Gasteiger partial charge is 0.427 e. The van der Waals surface area contributed by atoms with Crippen molar-refractivity contribution in [1.29, 1.82) is 0 Å². The summed E-state index contributed by atoms with van der Waals surface area (Å²) in [6.07, 6.45) is 2.86. The lowest BCUT2D eigenvalue weighted by molar-refractivity contribution is 0.171. The first-order valence-electron chi connectivity index (χ1n) is 8.21. The van der Waals surface area contributed by atoms with Crippen molar-refractivity contribution >= 4 is 12.3 Å². The van der Waals surface area contributed by atoms with E-state index < -0.39 is 6.09 Å². The van der Waals surface area contributed by atoms with Crippen LogP contribution in [0, 0.1) is 6.92 Å². The molecule has 0 unspecified atom stereocenters. The Morgan fingerprint density at radius 3 is 2.62 bits per heavy atom. The summed E-state index contributed by atoms with van der Waals surface area (Å²) in [6, 6.07) is 18.2. The monoisotopic (exact) mass is 348 g/mol. The Bertz CT molecular complexity index is 899. The second kappa shape index (κ2) is 8.11. The van der Waals surface area contributed by atoms with Gasteiger partial charge in [0.05, 0.1) is 19.9 Å². The van der Waals surface area contributed by atoms with Gasteiger partial charge in [-0.3, -0.25) is 4.68 Å². The van der Waals surface area contributed by atoms with Crippen LogP contribution < -0.4 is 5.43 Å². The average Bonchev–Trinajstić information content (AvgIpc) is 3.05. The number of hydrogen-bond donors (Lipinski definition) is 1. The van der Waals surface area contributed by atoms with Crippen LogP contribution in [0.2, 0.25) is 0 Å². The summed E-state index contributed by atoms with van der Waals surface area (Å²) in [5.41, 5.74) is 7.23. The van der Waals surface area contributed by atoms with E-state index in [1.54, 1.807) is 6.21 Å². The molecule has 132 valence electrons. The highest BCUT2D eigenvalue weighted by atomic mass is 16.5. The number of carbonyl (C=O) groups is 1. The van der Waals surface area contributed by atoms with Gasteiger partial charge in [0.15, 0.2) is 0 Å². The third-order valence-corrected chi connectivity index (χ3v) is 3.85. The van der Waals surface area contributed by atoms with Crippen LogP contribution in [-0.4, -0.2) is 29.2 Å². The van der Waals surface area contributed by atoms with Crippen molar-refractivity contribution in [3.05, 3.63) is 77.5 Å². The molecule has 0 fully saturated rings. The molecule has 2 aromatic carbocycles. The van der Waals surface area contributed by atoms with Gasteiger partial charge in [-0.2, -0.15) is 10.2 Å². The van der Waals surface area contributed by atoms with Gasteiger partial charge in [0.1, 0.15) is 5.69 Å². The number of amides is 1. The molecule has 0 saturated carbocycles. The van der Waals surface area contributed by atoms with E-state index in [9.17, 15) is 4.79 Å². The van der Waals surface area contributed by atoms with Crippen LogP contribution >= 0.6 is 0 Å². The van der Waals surface area contributed by atoms with Crippen LogP contribution in [0.3, 0.4) is 0 Å². The van der Waals surface area contributed by atoms with Crippen molar-refractivity contribution in [3.63, 3.8) is 0 Å². The molecule has 0 spiro atoms. The van der Waals surface area contributed by atoms with Crippen LogP contribution in [-0.2, 0) is 11.3 Å². The van der Waals surface area contributed by atoms with Crippen LogP contribution in [0.1, 0.15) is 16.7 Å². The topological polar surface area (TPSA) is 68.5 Å². The molecule has 1 amide bonds. The van der Waals surface area contributed by atoms with Gasteiger partial charge in [0.2, 0.25) is 0 Å². The second-order valence-electron chi connectivity index (χ2n) is 5.84. The van der Waals surface area contributed by atoms with Crippen molar-refractivity contribution in [2.45, 2.75) is 13.5 Å². The van der Waals surface area contributed by atoms with Gasteiger partial charge in [0, 0.05) is 17.3 Å². The molecule has 26 heavy (non-hydrogen) atoms. The van der Waals surface area contributed by atoms with E-state index in [0.717, 1.165) is 22.4 Å². The van der Waals surface area contributed by atoms with E-state index in [0.29, 0.717) is 6.54 Å². The van der Waals surface area contributed by atoms with Crippen LogP contribution in [0.25, 0.3) is 11.3 Å². The largest absolute Gasteiger partial charge is 0.452 e. The molecule has 1 heterocycles. The Balaban J connectivity index is 1.91. The minimum atomic E-state index is -0.616. The van der Waals surface area contributed by atoms with Gasteiger partial charge in [-0.25, -0.2) is 10.2 Å². The SMILES string of the molecule is COC(=O)N/N=C\c1cn(Cc2ccccc2)nc1-c1ccc(C)cc1. The maximum atomic E-state index is 11.2. The van der Waals surface area contributed by atoms with Gasteiger partial charge >= 0.3 is 6.09 Å². The first-order chi connectivity index (χ1) is 12.7. The predicted molar refractivity (Wildman–Crippen MR) is 101 cm³/mol. The molecule has 1 aromatic heterocycles. The predicted octanol–water partition coefficient (Wildman–Crippen LogP) is 3.60. The first kappa shape index (κ1) is 17.4. The van der Waals surface area contributed by atoms with Crippen molar-refractivity contribution in [2.24, 2.45) is 5.10 Å². The summed E-state index contributed by atoms with van der Waals surface area (Å²) in [5, 5.41) is 8.64. The molecule has 3 aromatic rings.